The minimum Gasteiger partial charge on any atom is -0.486 e. The van der Waals surface area contributed by atoms with Crippen LogP contribution in [0.15, 0.2) is 35.1 Å². The molecule has 6 nitrogen and oxygen atoms in total. The van der Waals surface area contributed by atoms with Crippen LogP contribution in [-0.2, 0) is 0 Å². The van der Waals surface area contributed by atoms with Gasteiger partial charge in [-0.1, -0.05) is 6.07 Å². The molecular formula is C17H18N2O4. The molecule has 120 valence electrons. The smallest absolute Gasteiger partial charge is 0.260 e. The maximum absolute atomic E-state index is 12.3. The number of carbonyl (C=O) groups excluding carboxylic acids is 1. The zero-order chi connectivity index (χ0) is 16.4. The Hall–Kier alpha value is -2.76. The monoisotopic (exact) mass is 314 g/mol. The number of aromatic amines is 1. The Morgan fingerprint density at radius 2 is 1.91 bits per heavy atom. The quantitative estimate of drug-likeness (QED) is 0.907. The Morgan fingerprint density at radius 1 is 1.17 bits per heavy atom. The molecule has 0 aliphatic carbocycles. The number of carbonyl (C=O) groups is 1. The highest BCUT2D eigenvalue weighted by Crippen LogP contribution is 2.32. The summed E-state index contributed by atoms with van der Waals surface area (Å²) in [6.07, 6.45) is 0. The van der Waals surface area contributed by atoms with Crippen molar-refractivity contribution in [3.8, 4) is 11.5 Å². The number of hydrogen-bond donors (Lipinski definition) is 2. The fraction of sp³-hybridized carbons (Fsp3) is 0.294. The molecule has 0 spiro atoms. The number of hydrogen-bond acceptors (Lipinski definition) is 4. The van der Waals surface area contributed by atoms with Crippen LogP contribution in [0.25, 0.3) is 0 Å². The molecule has 0 saturated heterocycles. The van der Waals surface area contributed by atoms with Crippen molar-refractivity contribution in [1.29, 1.82) is 0 Å². The molecule has 2 heterocycles. The largest absolute Gasteiger partial charge is 0.486 e. The predicted molar refractivity (Wildman–Crippen MR) is 85.1 cm³/mol. The third kappa shape index (κ3) is 3.21. The topological polar surface area (TPSA) is 80.4 Å². The molecule has 0 bridgehead atoms. The van der Waals surface area contributed by atoms with Gasteiger partial charge in [0.1, 0.15) is 18.8 Å². The number of nitrogens with one attached hydrogen (secondary N) is 2. The summed E-state index contributed by atoms with van der Waals surface area (Å²) < 4.78 is 11.0. The van der Waals surface area contributed by atoms with Crippen LogP contribution in [0, 0.1) is 6.92 Å². The first kappa shape index (κ1) is 15.1. The van der Waals surface area contributed by atoms with Crippen molar-refractivity contribution < 1.29 is 14.3 Å². The van der Waals surface area contributed by atoms with E-state index in [1.807, 2.05) is 25.1 Å². The Balaban J connectivity index is 1.77. The van der Waals surface area contributed by atoms with Crippen molar-refractivity contribution >= 4 is 5.91 Å². The van der Waals surface area contributed by atoms with Crippen molar-refractivity contribution in [3.63, 3.8) is 0 Å². The molecule has 6 heteroatoms. The van der Waals surface area contributed by atoms with E-state index >= 15 is 0 Å². The molecule has 1 atom stereocenters. The van der Waals surface area contributed by atoms with Crippen molar-refractivity contribution in [2.75, 3.05) is 13.2 Å². The van der Waals surface area contributed by atoms with Gasteiger partial charge in [0.15, 0.2) is 11.5 Å². The van der Waals surface area contributed by atoms with Gasteiger partial charge in [0, 0.05) is 5.69 Å². The number of H-pyrrole nitrogens is 1. The van der Waals surface area contributed by atoms with Gasteiger partial charge in [-0.3, -0.25) is 9.59 Å². The van der Waals surface area contributed by atoms with E-state index in [1.54, 1.807) is 13.0 Å². The summed E-state index contributed by atoms with van der Waals surface area (Å²) in [5.41, 5.74) is 1.30. The van der Waals surface area contributed by atoms with E-state index in [4.69, 9.17) is 9.47 Å². The number of rotatable bonds is 3. The van der Waals surface area contributed by atoms with E-state index < -0.39 is 11.5 Å². The average Bonchev–Trinajstić information content (AvgIpc) is 2.54. The Labute approximate surface area is 133 Å². The van der Waals surface area contributed by atoms with Crippen LogP contribution in [0.4, 0.5) is 0 Å². The highest BCUT2D eigenvalue weighted by atomic mass is 16.6. The Morgan fingerprint density at radius 3 is 2.65 bits per heavy atom. The van der Waals surface area contributed by atoms with Gasteiger partial charge in [0.05, 0.1) is 6.04 Å². The van der Waals surface area contributed by atoms with E-state index in [9.17, 15) is 9.59 Å². The van der Waals surface area contributed by atoms with Gasteiger partial charge in [-0.25, -0.2) is 0 Å². The lowest BCUT2D eigenvalue weighted by molar-refractivity contribution is 0.0938. The molecule has 2 N–H and O–H groups in total. The highest BCUT2D eigenvalue weighted by Gasteiger charge is 2.17. The molecule has 23 heavy (non-hydrogen) atoms. The summed E-state index contributed by atoms with van der Waals surface area (Å²) >= 11 is 0. The second-order valence-corrected chi connectivity index (χ2v) is 5.48. The molecule has 0 saturated carbocycles. The third-order valence-corrected chi connectivity index (χ3v) is 3.71. The Kier molecular flexibility index (Phi) is 4.06. The summed E-state index contributed by atoms with van der Waals surface area (Å²) in [7, 11) is 0. The van der Waals surface area contributed by atoms with Crippen LogP contribution >= 0.6 is 0 Å². The normalized spacial score (nSPS) is 14.2. The predicted octanol–water partition coefficient (Wildman–Crippen LogP) is 1.95. The van der Waals surface area contributed by atoms with Crippen molar-refractivity contribution in [1.82, 2.24) is 10.3 Å². The Bertz CT molecular complexity index is 797. The zero-order valence-corrected chi connectivity index (χ0v) is 13.0. The van der Waals surface area contributed by atoms with Crippen LogP contribution in [0.2, 0.25) is 0 Å². The first-order valence-corrected chi connectivity index (χ1v) is 7.45. The molecule has 1 aliphatic rings. The fourth-order valence-electron chi connectivity index (χ4n) is 2.44. The van der Waals surface area contributed by atoms with Crippen LogP contribution in [0.1, 0.15) is 34.6 Å². The van der Waals surface area contributed by atoms with Crippen molar-refractivity contribution in [3.05, 3.63) is 57.5 Å². The molecule has 2 aromatic rings. The summed E-state index contributed by atoms with van der Waals surface area (Å²) in [6, 6.07) is 8.51. The lowest BCUT2D eigenvalue weighted by Gasteiger charge is -2.21. The van der Waals surface area contributed by atoms with Gasteiger partial charge >= 0.3 is 0 Å². The molecule has 1 aromatic carbocycles. The van der Waals surface area contributed by atoms with Gasteiger partial charge in [-0.15, -0.1) is 0 Å². The summed E-state index contributed by atoms with van der Waals surface area (Å²) in [5.74, 6) is 0.963. The summed E-state index contributed by atoms with van der Waals surface area (Å²) in [4.78, 5) is 26.7. The van der Waals surface area contributed by atoms with E-state index in [-0.39, 0.29) is 11.6 Å². The molecular weight excluding hydrogens is 296 g/mol. The molecule has 0 radical (unpaired) electrons. The van der Waals surface area contributed by atoms with Gasteiger partial charge in [0.2, 0.25) is 0 Å². The van der Waals surface area contributed by atoms with Gasteiger partial charge in [-0.2, -0.15) is 0 Å². The SMILES string of the molecule is Cc1ccc(C(=O)NC(C)c2ccc3c(c2)OCCO3)c(=O)[nH]1. The van der Waals surface area contributed by atoms with Crippen molar-refractivity contribution in [2.45, 2.75) is 19.9 Å². The van der Waals surface area contributed by atoms with Crippen LogP contribution in [-0.4, -0.2) is 24.1 Å². The third-order valence-electron chi connectivity index (χ3n) is 3.71. The molecule has 0 fully saturated rings. The van der Waals surface area contributed by atoms with Gasteiger partial charge in [0.25, 0.3) is 11.5 Å². The standard InChI is InChI=1S/C17H18N2O4/c1-10-3-5-13(16(20)18-10)17(21)19-11(2)12-4-6-14-15(9-12)23-8-7-22-14/h3-6,9,11H,7-8H2,1-2H3,(H,18,20)(H,19,21). The first-order chi connectivity index (χ1) is 11.0. The van der Waals surface area contributed by atoms with Crippen LogP contribution < -0.4 is 20.3 Å². The molecule has 1 aliphatic heterocycles. The molecule has 1 amide bonds. The zero-order valence-electron chi connectivity index (χ0n) is 13.0. The van der Waals surface area contributed by atoms with Crippen LogP contribution in [0.3, 0.4) is 0 Å². The minimum atomic E-state index is -0.409. The number of amides is 1. The van der Waals surface area contributed by atoms with Crippen LogP contribution in [0.5, 0.6) is 11.5 Å². The molecule has 1 aromatic heterocycles. The lowest BCUT2D eigenvalue weighted by atomic mass is 10.1. The lowest BCUT2D eigenvalue weighted by Crippen LogP contribution is -2.31. The number of ether oxygens (including phenoxy) is 2. The minimum absolute atomic E-state index is 0.0972. The van der Waals surface area contributed by atoms with E-state index in [1.165, 1.54) is 6.07 Å². The second-order valence-electron chi connectivity index (χ2n) is 5.48. The number of fused-ring (bicyclic) bond motifs is 1. The number of benzene rings is 1. The van der Waals surface area contributed by atoms with E-state index in [0.717, 1.165) is 5.56 Å². The highest BCUT2D eigenvalue weighted by molar-refractivity contribution is 5.94. The maximum atomic E-state index is 12.3. The van der Waals surface area contributed by atoms with E-state index in [2.05, 4.69) is 10.3 Å². The first-order valence-electron chi connectivity index (χ1n) is 7.45. The van der Waals surface area contributed by atoms with Gasteiger partial charge in [-0.05, 0) is 43.7 Å². The number of pyridine rings is 1. The van der Waals surface area contributed by atoms with E-state index in [0.29, 0.717) is 30.4 Å². The average molecular weight is 314 g/mol. The summed E-state index contributed by atoms with van der Waals surface area (Å²) in [5, 5.41) is 2.82. The summed E-state index contributed by atoms with van der Waals surface area (Å²) in [6.45, 7) is 4.66. The second kappa shape index (κ2) is 6.16. The molecule has 3 rings (SSSR count). The van der Waals surface area contributed by atoms with Gasteiger partial charge < -0.3 is 19.8 Å². The number of aryl methyl sites for hydroxylation is 1. The maximum Gasteiger partial charge on any atom is 0.260 e. The molecule has 1 unspecified atom stereocenters. The number of aromatic nitrogens is 1. The fourth-order valence-corrected chi connectivity index (χ4v) is 2.44. The van der Waals surface area contributed by atoms with Crippen molar-refractivity contribution in [2.24, 2.45) is 0 Å².